The largest absolute Gasteiger partial charge is 0.454 e. The van der Waals surface area contributed by atoms with Crippen LogP contribution in [0, 0.1) is 6.92 Å². The Morgan fingerprint density at radius 3 is 2.72 bits per heavy atom. The van der Waals surface area contributed by atoms with E-state index >= 15 is 0 Å². The van der Waals surface area contributed by atoms with Crippen molar-refractivity contribution in [2.45, 2.75) is 17.6 Å². The van der Waals surface area contributed by atoms with Crippen LogP contribution in [-0.2, 0) is 10.5 Å². The van der Waals surface area contributed by atoms with Crippen LogP contribution < -0.4 is 0 Å². The smallest absolute Gasteiger partial charge is 0.339 e. The molecule has 0 radical (unpaired) electrons. The number of H-pyrrole nitrogens is 1. The number of carbonyl (C=O) groups is 2. The van der Waals surface area contributed by atoms with E-state index in [-0.39, 0.29) is 12.4 Å². The van der Waals surface area contributed by atoms with Crippen molar-refractivity contribution < 1.29 is 14.3 Å². The van der Waals surface area contributed by atoms with Crippen LogP contribution in [0.4, 0.5) is 0 Å². The van der Waals surface area contributed by atoms with Crippen molar-refractivity contribution in [3.8, 4) is 0 Å². The topological polar surface area (TPSA) is 72.0 Å². The molecule has 0 atom stereocenters. The minimum atomic E-state index is -0.504. The van der Waals surface area contributed by atoms with Crippen molar-refractivity contribution in [2.24, 2.45) is 0 Å². The van der Waals surface area contributed by atoms with Gasteiger partial charge in [0.15, 0.2) is 6.61 Å². The number of carbonyl (C=O) groups excluding carboxylic acids is 2. The highest BCUT2D eigenvalue weighted by atomic mass is 32.2. The molecule has 0 unspecified atom stereocenters. The molecule has 0 saturated carbocycles. The number of aromatic amines is 1. The first-order valence-corrected chi connectivity index (χ1v) is 10.9. The fourth-order valence-corrected chi connectivity index (χ4v) is 4.63. The van der Waals surface area contributed by atoms with Crippen LogP contribution in [0.25, 0.3) is 10.9 Å². The molecule has 4 aromatic rings. The summed E-state index contributed by atoms with van der Waals surface area (Å²) >= 11 is 3.13. The van der Waals surface area contributed by atoms with Crippen molar-refractivity contribution in [3.05, 3.63) is 81.9 Å². The zero-order valence-electron chi connectivity index (χ0n) is 15.7. The van der Waals surface area contributed by atoms with Gasteiger partial charge in [0.25, 0.3) is 0 Å². The standard InChI is InChI=1S/C22H18N2O3S2/c1-14-24-15(12-28-14)13-29-21-9-5-3-7-17(21)22(26)27-11-20(25)18-10-23-19-8-4-2-6-16(18)19/h2-10,12,23H,11,13H2,1H3. The Balaban J connectivity index is 1.42. The Labute approximate surface area is 176 Å². The maximum Gasteiger partial charge on any atom is 0.339 e. The first-order chi connectivity index (χ1) is 14.1. The van der Waals surface area contributed by atoms with E-state index in [1.54, 1.807) is 29.7 Å². The number of hydrogen-bond acceptors (Lipinski definition) is 6. The normalized spacial score (nSPS) is 10.9. The molecule has 0 aliphatic rings. The summed E-state index contributed by atoms with van der Waals surface area (Å²) in [6.07, 6.45) is 1.65. The number of thioether (sulfide) groups is 1. The second kappa shape index (κ2) is 8.63. The molecule has 0 aliphatic carbocycles. The van der Waals surface area contributed by atoms with Gasteiger partial charge < -0.3 is 9.72 Å². The molecule has 29 heavy (non-hydrogen) atoms. The van der Waals surface area contributed by atoms with E-state index in [2.05, 4.69) is 9.97 Å². The number of para-hydroxylation sites is 1. The highest BCUT2D eigenvalue weighted by Gasteiger charge is 2.17. The number of ketones is 1. The van der Waals surface area contributed by atoms with Crippen LogP contribution in [0.15, 0.2) is 65.0 Å². The minimum absolute atomic E-state index is 0.237. The molecule has 0 amide bonds. The highest BCUT2D eigenvalue weighted by Crippen LogP contribution is 2.27. The first kappa shape index (κ1) is 19.4. The molecule has 2 heterocycles. The summed E-state index contributed by atoms with van der Waals surface area (Å²) in [4.78, 5) is 33.5. The number of benzene rings is 2. The van der Waals surface area contributed by atoms with Gasteiger partial charge in [0.2, 0.25) is 5.78 Å². The molecule has 146 valence electrons. The predicted octanol–water partition coefficient (Wildman–Crippen LogP) is 5.26. The molecule has 0 aliphatic heterocycles. The van der Waals surface area contributed by atoms with Gasteiger partial charge >= 0.3 is 5.97 Å². The summed E-state index contributed by atoms with van der Waals surface area (Å²) in [7, 11) is 0. The van der Waals surface area contributed by atoms with Gasteiger partial charge in [-0.1, -0.05) is 30.3 Å². The Morgan fingerprint density at radius 1 is 1.10 bits per heavy atom. The molecular weight excluding hydrogens is 404 g/mol. The van der Waals surface area contributed by atoms with E-state index in [1.807, 2.05) is 48.7 Å². The lowest BCUT2D eigenvalue weighted by atomic mass is 10.1. The van der Waals surface area contributed by atoms with E-state index in [0.717, 1.165) is 26.5 Å². The molecular formula is C22H18N2O3S2. The zero-order valence-corrected chi connectivity index (χ0v) is 17.3. The number of hydrogen-bond donors (Lipinski definition) is 1. The van der Waals surface area contributed by atoms with Crippen LogP contribution in [0.1, 0.15) is 31.4 Å². The third kappa shape index (κ3) is 4.41. The summed E-state index contributed by atoms with van der Waals surface area (Å²) in [5, 5.41) is 3.86. The molecule has 0 bridgehead atoms. The average molecular weight is 423 g/mol. The van der Waals surface area contributed by atoms with E-state index in [1.165, 1.54) is 11.8 Å². The lowest BCUT2D eigenvalue weighted by molar-refractivity contribution is 0.0471. The van der Waals surface area contributed by atoms with E-state index in [9.17, 15) is 9.59 Å². The lowest BCUT2D eigenvalue weighted by Gasteiger charge is -2.08. The Kier molecular flexibility index (Phi) is 5.78. The number of nitrogens with zero attached hydrogens (tertiary/aromatic N) is 1. The summed E-state index contributed by atoms with van der Waals surface area (Å²) in [6.45, 7) is 1.67. The van der Waals surface area contributed by atoms with Gasteiger partial charge in [0.05, 0.1) is 16.3 Å². The van der Waals surface area contributed by atoms with Gasteiger partial charge in [-0.3, -0.25) is 4.79 Å². The molecule has 7 heteroatoms. The molecule has 0 fully saturated rings. The second-order valence-corrected chi connectivity index (χ2v) is 8.47. The quantitative estimate of drug-likeness (QED) is 0.250. The molecule has 5 nitrogen and oxygen atoms in total. The number of fused-ring (bicyclic) bond motifs is 1. The van der Waals surface area contributed by atoms with Crippen molar-refractivity contribution >= 4 is 45.8 Å². The Bertz CT molecular complexity index is 1180. The molecule has 0 saturated heterocycles. The maximum absolute atomic E-state index is 12.6. The van der Waals surface area contributed by atoms with Gasteiger partial charge in [0, 0.05) is 38.7 Å². The van der Waals surface area contributed by atoms with Crippen LogP contribution in [0.2, 0.25) is 0 Å². The van der Waals surface area contributed by atoms with E-state index in [4.69, 9.17) is 4.74 Å². The maximum atomic E-state index is 12.6. The van der Waals surface area contributed by atoms with Crippen molar-refractivity contribution in [3.63, 3.8) is 0 Å². The van der Waals surface area contributed by atoms with Gasteiger partial charge in [-0.05, 0) is 25.1 Å². The van der Waals surface area contributed by atoms with Gasteiger partial charge in [0.1, 0.15) is 0 Å². The number of aromatic nitrogens is 2. The van der Waals surface area contributed by atoms with Crippen LogP contribution >= 0.6 is 23.1 Å². The van der Waals surface area contributed by atoms with Crippen LogP contribution in [0.5, 0.6) is 0 Å². The van der Waals surface area contributed by atoms with Gasteiger partial charge in [-0.15, -0.1) is 23.1 Å². The number of esters is 1. The molecule has 2 aromatic carbocycles. The Morgan fingerprint density at radius 2 is 1.90 bits per heavy atom. The van der Waals surface area contributed by atoms with E-state index in [0.29, 0.717) is 16.9 Å². The SMILES string of the molecule is Cc1nc(CSc2ccccc2C(=O)OCC(=O)c2c[nH]c3ccccc23)cs1. The summed E-state index contributed by atoms with van der Waals surface area (Å²) in [6, 6.07) is 14.8. The second-order valence-electron chi connectivity index (χ2n) is 6.39. The van der Waals surface area contributed by atoms with Gasteiger partial charge in [-0.25, -0.2) is 9.78 Å². The lowest BCUT2D eigenvalue weighted by Crippen LogP contribution is -2.14. The minimum Gasteiger partial charge on any atom is -0.454 e. The molecule has 2 aromatic heterocycles. The van der Waals surface area contributed by atoms with E-state index < -0.39 is 5.97 Å². The van der Waals surface area contributed by atoms with Gasteiger partial charge in [-0.2, -0.15) is 0 Å². The fraction of sp³-hybridized carbons (Fsp3) is 0.136. The first-order valence-electron chi connectivity index (χ1n) is 9.01. The summed E-state index contributed by atoms with van der Waals surface area (Å²) in [5.41, 5.74) is 2.84. The number of rotatable bonds is 7. The highest BCUT2D eigenvalue weighted by molar-refractivity contribution is 7.98. The number of aryl methyl sites for hydroxylation is 1. The van der Waals surface area contributed by atoms with Crippen molar-refractivity contribution in [1.82, 2.24) is 9.97 Å². The number of nitrogens with one attached hydrogen (secondary N) is 1. The monoisotopic (exact) mass is 422 g/mol. The van der Waals surface area contributed by atoms with Crippen LogP contribution in [0.3, 0.4) is 0 Å². The number of thiazole rings is 1. The van der Waals surface area contributed by atoms with Crippen LogP contribution in [-0.4, -0.2) is 28.3 Å². The average Bonchev–Trinajstić information content (AvgIpc) is 3.36. The van der Waals surface area contributed by atoms with Crippen molar-refractivity contribution in [1.29, 1.82) is 0 Å². The number of Topliss-reactive ketones (excluding diaryl/α,β-unsaturated/α-hetero) is 1. The van der Waals surface area contributed by atoms with Crippen molar-refractivity contribution in [2.75, 3.05) is 6.61 Å². The zero-order chi connectivity index (χ0) is 20.2. The molecule has 0 spiro atoms. The fourth-order valence-electron chi connectivity index (χ4n) is 2.98. The summed E-state index contributed by atoms with van der Waals surface area (Å²) < 4.78 is 5.33. The predicted molar refractivity (Wildman–Crippen MR) is 116 cm³/mol. The number of ether oxygens (including phenoxy) is 1. The third-order valence-electron chi connectivity index (χ3n) is 4.37. The molecule has 1 N–H and O–H groups in total. The molecule has 4 rings (SSSR count). The Hall–Kier alpha value is -2.90. The third-order valence-corrected chi connectivity index (χ3v) is 6.30. The summed E-state index contributed by atoms with van der Waals surface area (Å²) in [5.74, 6) is -0.0715.